The Balaban J connectivity index is 2.21. The van der Waals surface area contributed by atoms with Gasteiger partial charge in [0.2, 0.25) is 0 Å². The van der Waals surface area contributed by atoms with E-state index in [1.54, 1.807) is 12.1 Å². The van der Waals surface area contributed by atoms with Crippen molar-refractivity contribution in [2.24, 2.45) is 5.84 Å². The molecule has 0 aliphatic carbocycles. The van der Waals surface area contributed by atoms with Crippen LogP contribution in [0.5, 0.6) is 0 Å². The van der Waals surface area contributed by atoms with E-state index in [4.69, 9.17) is 5.84 Å². The van der Waals surface area contributed by atoms with Gasteiger partial charge >= 0.3 is 0 Å². The van der Waals surface area contributed by atoms with Gasteiger partial charge in [0.1, 0.15) is 11.6 Å². The predicted octanol–water partition coefficient (Wildman–Crippen LogP) is 3.89. The maximum atomic E-state index is 13.1. The van der Waals surface area contributed by atoms with Crippen LogP contribution in [0.4, 0.5) is 10.2 Å². The van der Waals surface area contributed by atoms with Gasteiger partial charge in [0.05, 0.1) is 5.52 Å². The number of nitrogens with two attached hydrogens (primary N) is 1. The third kappa shape index (κ3) is 2.58. The molecular formula is C17H16FN3. The van der Waals surface area contributed by atoms with Crippen LogP contribution in [0.1, 0.15) is 12.5 Å². The van der Waals surface area contributed by atoms with E-state index in [9.17, 15) is 4.39 Å². The molecule has 2 aromatic carbocycles. The van der Waals surface area contributed by atoms with Crippen LogP contribution in [0.2, 0.25) is 0 Å². The fourth-order valence-electron chi connectivity index (χ4n) is 2.41. The second kappa shape index (κ2) is 5.50. The highest BCUT2D eigenvalue weighted by Crippen LogP contribution is 2.30. The van der Waals surface area contributed by atoms with Crippen molar-refractivity contribution >= 4 is 16.7 Å². The maximum Gasteiger partial charge on any atom is 0.148 e. The van der Waals surface area contributed by atoms with Gasteiger partial charge in [0.15, 0.2) is 0 Å². The molecule has 0 saturated heterocycles. The number of aromatic nitrogens is 1. The van der Waals surface area contributed by atoms with E-state index in [0.29, 0.717) is 5.82 Å². The second-order valence-electron chi connectivity index (χ2n) is 4.92. The number of nitrogen functional groups attached to an aromatic ring is 1. The number of nitrogens with one attached hydrogen (secondary N) is 1. The van der Waals surface area contributed by atoms with Crippen molar-refractivity contribution in [1.82, 2.24) is 4.98 Å². The number of benzene rings is 2. The summed E-state index contributed by atoms with van der Waals surface area (Å²) in [7, 11) is 0. The second-order valence-corrected chi connectivity index (χ2v) is 4.92. The van der Waals surface area contributed by atoms with Crippen LogP contribution in [0.3, 0.4) is 0 Å². The molecule has 3 aromatic rings. The van der Waals surface area contributed by atoms with Gasteiger partial charge in [-0.25, -0.2) is 15.2 Å². The first-order valence-corrected chi connectivity index (χ1v) is 6.87. The lowest BCUT2D eigenvalue weighted by atomic mass is 10.0. The molecular weight excluding hydrogens is 265 g/mol. The largest absolute Gasteiger partial charge is 0.308 e. The van der Waals surface area contributed by atoms with Crippen molar-refractivity contribution in [1.29, 1.82) is 0 Å². The van der Waals surface area contributed by atoms with Crippen LogP contribution in [-0.4, -0.2) is 4.98 Å². The lowest BCUT2D eigenvalue weighted by Gasteiger charge is -2.11. The van der Waals surface area contributed by atoms with Gasteiger partial charge < -0.3 is 5.43 Å². The maximum absolute atomic E-state index is 13.1. The Hall–Kier alpha value is -2.46. The smallest absolute Gasteiger partial charge is 0.148 e. The van der Waals surface area contributed by atoms with E-state index in [0.717, 1.165) is 28.5 Å². The van der Waals surface area contributed by atoms with Gasteiger partial charge in [-0.05, 0) is 47.9 Å². The molecule has 106 valence electrons. The number of pyridine rings is 1. The van der Waals surface area contributed by atoms with Crippen molar-refractivity contribution < 1.29 is 4.39 Å². The van der Waals surface area contributed by atoms with E-state index in [1.807, 2.05) is 12.1 Å². The molecule has 0 bridgehead atoms. The summed E-state index contributed by atoms with van der Waals surface area (Å²) in [5, 5.41) is 1.05. The van der Waals surface area contributed by atoms with Gasteiger partial charge in [0.25, 0.3) is 0 Å². The van der Waals surface area contributed by atoms with Gasteiger partial charge in [-0.15, -0.1) is 0 Å². The Morgan fingerprint density at radius 2 is 1.86 bits per heavy atom. The minimum atomic E-state index is -0.261. The van der Waals surface area contributed by atoms with Crippen LogP contribution in [0.15, 0.2) is 48.5 Å². The number of fused-ring (bicyclic) bond motifs is 1. The first kappa shape index (κ1) is 13.5. The standard InChI is InChI=1S/C17H16FN3/c1-2-11-3-8-16-13(9-11)10-15(17(20-16)21-19)12-4-6-14(18)7-5-12/h3-10H,2,19H2,1H3,(H,20,21). The molecule has 1 aromatic heterocycles. The molecule has 0 radical (unpaired) electrons. The highest BCUT2D eigenvalue weighted by atomic mass is 19.1. The van der Waals surface area contributed by atoms with Gasteiger partial charge in [-0.3, -0.25) is 0 Å². The van der Waals surface area contributed by atoms with Crippen LogP contribution in [-0.2, 0) is 6.42 Å². The van der Waals surface area contributed by atoms with Crippen molar-refractivity contribution in [3.63, 3.8) is 0 Å². The first-order chi connectivity index (χ1) is 10.2. The number of hydrogen-bond acceptors (Lipinski definition) is 3. The number of nitrogens with zero attached hydrogens (tertiary/aromatic N) is 1. The fourth-order valence-corrected chi connectivity index (χ4v) is 2.41. The van der Waals surface area contributed by atoms with Crippen molar-refractivity contribution in [2.75, 3.05) is 5.43 Å². The molecule has 3 nitrogen and oxygen atoms in total. The van der Waals surface area contributed by atoms with E-state index in [1.165, 1.54) is 17.7 Å². The lowest BCUT2D eigenvalue weighted by Crippen LogP contribution is -2.10. The molecule has 0 fully saturated rings. The minimum absolute atomic E-state index is 0.261. The molecule has 3 N–H and O–H groups in total. The van der Waals surface area contributed by atoms with E-state index < -0.39 is 0 Å². The van der Waals surface area contributed by atoms with Crippen LogP contribution < -0.4 is 11.3 Å². The van der Waals surface area contributed by atoms with Crippen molar-refractivity contribution in [3.8, 4) is 11.1 Å². The lowest BCUT2D eigenvalue weighted by molar-refractivity contribution is 0.628. The van der Waals surface area contributed by atoms with Crippen molar-refractivity contribution in [2.45, 2.75) is 13.3 Å². The molecule has 3 rings (SSSR count). The van der Waals surface area contributed by atoms with Crippen molar-refractivity contribution in [3.05, 3.63) is 59.9 Å². The molecule has 0 saturated carbocycles. The number of hydrazine groups is 1. The number of halogens is 1. The fraction of sp³-hybridized carbons (Fsp3) is 0.118. The van der Waals surface area contributed by atoms with E-state index >= 15 is 0 Å². The molecule has 0 spiro atoms. The Morgan fingerprint density at radius 3 is 2.52 bits per heavy atom. The zero-order valence-corrected chi connectivity index (χ0v) is 11.7. The summed E-state index contributed by atoms with van der Waals surface area (Å²) in [6.45, 7) is 2.12. The molecule has 0 aliphatic heterocycles. The minimum Gasteiger partial charge on any atom is -0.308 e. The Bertz CT molecular complexity index is 782. The van der Waals surface area contributed by atoms with Crippen LogP contribution in [0, 0.1) is 5.82 Å². The average Bonchev–Trinajstić information content (AvgIpc) is 2.53. The topological polar surface area (TPSA) is 50.9 Å². The normalized spacial score (nSPS) is 10.8. The zero-order valence-electron chi connectivity index (χ0n) is 11.7. The third-order valence-corrected chi connectivity index (χ3v) is 3.58. The number of anilines is 1. The molecule has 0 aliphatic rings. The summed E-state index contributed by atoms with van der Waals surface area (Å²) in [6, 6.07) is 14.5. The van der Waals surface area contributed by atoms with Crippen LogP contribution in [0.25, 0.3) is 22.0 Å². The number of aryl methyl sites for hydroxylation is 1. The van der Waals surface area contributed by atoms with E-state index in [-0.39, 0.29) is 5.82 Å². The van der Waals surface area contributed by atoms with Gasteiger partial charge in [-0.1, -0.05) is 25.1 Å². The number of hydrogen-bond donors (Lipinski definition) is 2. The molecule has 0 unspecified atom stereocenters. The SMILES string of the molecule is CCc1ccc2nc(NN)c(-c3ccc(F)cc3)cc2c1. The Morgan fingerprint density at radius 1 is 1.10 bits per heavy atom. The molecule has 21 heavy (non-hydrogen) atoms. The Labute approximate surface area is 122 Å². The Kier molecular flexibility index (Phi) is 3.54. The monoisotopic (exact) mass is 281 g/mol. The summed E-state index contributed by atoms with van der Waals surface area (Å²) < 4.78 is 13.1. The van der Waals surface area contributed by atoms with Crippen LogP contribution >= 0.6 is 0 Å². The summed E-state index contributed by atoms with van der Waals surface area (Å²) >= 11 is 0. The quantitative estimate of drug-likeness (QED) is 0.565. The third-order valence-electron chi connectivity index (χ3n) is 3.58. The molecule has 0 amide bonds. The highest BCUT2D eigenvalue weighted by Gasteiger charge is 2.09. The first-order valence-electron chi connectivity index (χ1n) is 6.87. The zero-order chi connectivity index (χ0) is 14.8. The average molecular weight is 281 g/mol. The summed E-state index contributed by atoms with van der Waals surface area (Å²) in [4.78, 5) is 4.54. The summed E-state index contributed by atoms with van der Waals surface area (Å²) in [6.07, 6.45) is 0.971. The predicted molar refractivity (Wildman–Crippen MR) is 84.3 cm³/mol. The number of rotatable bonds is 3. The van der Waals surface area contributed by atoms with Gasteiger partial charge in [0, 0.05) is 10.9 Å². The summed E-state index contributed by atoms with van der Waals surface area (Å²) in [5.74, 6) is 5.90. The molecule has 1 heterocycles. The molecule has 0 atom stereocenters. The summed E-state index contributed by atoms with van der Waals surface area (Å²) in [5.41, 5.74) is 6.49. The van der Waals surface area contributed by atoms with E-state index in [2.05, 4.69) is 29.5 Å². The highest BCUT2D eigenvalue weighted by molar-refractivity contribution is 5.89. The molecule has 4 heteroatoms. The van der Waals surface area contributed by atoms with Gasteiger partial charge in [-0.2, -0.15) is 0 Å².